The fourth-order valence-corrected chi connectivity index (χ4v) is 2.09. The first-order valence-electron chi connectivity index (χ1n) is 6.35. The Balaban J connectivity index is 1.91. The van der Waals surface area contributed by atoms with E-state index in [4.69, 9.17) is 5.73 Å². The van der Waals surface area contributed by atoms with Gasteiger partial charge in [0.05, 0.1) is 16.8 Å². The molecular weight excluding hydrogens is 269 g/mol. The number of nitrogens with one attached hydrogen (secondary N) is 1. The van der Waals surface area contributed by atoms with Crippen LogP contribution in [0.1, 0.15) is 10.4 Å². The lowest BCUT2D eigenvalue weighted by atomic mass is 10.1. The average Bonchev–Trinajstić information content (AvgIpc) is 2.50. The number of hydrogen-bond donors (Lipinski definition) is 2. The Bertz CT molecular complexity index is 833. The molecule has 0 bridgehead atoms. The molecule has 4 nitrogen and oxygen atoms in total. The molecule has 1 heterocycles. The third-order valence-corrected chi connectivity index (χ3v) is 3.16. The summed E-state index contributed by atoms with van der Waals surface area (Å²) in [6.07, 6.45) is 1.70. The molecule has 3 aromatic rings. The minimum atomic E-state index is -0.606. The Morgan fingerprint density at radius 3 is 2.86 bits per heavy atom. The number of carbonyl (C=O) groups excluding carboxylic acids is 1. The van der Waals surface area contributed by atoms with Crippen molar-refractivity contribution in [3.8, 4) is 0 Å². The molecule has 5 heteroatoms. The molecule has 3 rings (SSSR count). The molecule has 1 aromatic heterocycles. The first-order chi connectivity index (χ1) is 10.1. The van der Waals surface area contributed by atoms with E-state index < -0.39 is 11.7 Å². The van der Waals surface area contributed by atoms with Crippen LogP contribution >= 0.6 is 0 Å². The van der Waals surface area contributed by atoms with Gasteiger partial charge < -0.3 is 11.1 Å². The number of halogens is 1. The highest BCUT2D eigenvalue weighted by molar-refractivity contribution is 6.08. The van der Waals surface area contributed by atoms with E-state index in [1.807, 2.05) is 12.1 Å². The predicted octanol–water partition coefficient (Wildman–Crippen LogP) is 3.21. The molecule has 0 spiro atoms. The van der Waals surface area contributed by atoms with Crippen LogP contribution in [0.15, 0.2) is 54.7 Å². The second-order valence-corrected chi connectivity index (χ2v) is 4.57. The number of pyridine rings is 1. The Hall–Kier alpha value is -2.95. The highest BCUT2D eigenvalue weighted by Crippen LogP contribution is 2.20. The minimum Gasteiger partial charge on any atom is -0.396 e. The van der Waals surface area contributed by atoms with Crippen molar-refractivity contribution in [3.05, 3.63) is 66.1 Å². The number of nitrogen functional groups attached to an aromatic ring is 1. The molecule has 104 valence electrons. The van der Waals surface area contributed by atoms with E-state index in [0.717, 1.165) is 10.9 Å². The number of benzene rings is 2. The van der Waals surface area contributed by atoms with Gasteiger partial charge in [0.1, 0.15) is 5.82 Å². The number of rotatable bonds is 2. The number of nitrogens with zero attached hydrogens (tertiary/aromatic N) is 1. The summed E-state index contributed by atoms with van der Waals surface area (Å²) in [5.74, 6) is -1.05. The maximum Gasteiger partial charge on any atom is 0.257 e. The topological polar surface area (TPSA) is 68.0 Å². The van der Waals surface area contributed by atoms with Crippen molar-refractivity contribution in [1.82, 2.24) is 4.98 Å². The van der Waals surface area contributed by atoms with Crippen molar-refractivity contribution in [2.75, 3.05) is 11.1 Å². The highest BCUT2D eigenvalue weighted by atomic mass is 19.1. The number of aromatic nitrogens is 1. The summed E-state index contributed by atoms with van der Waals surface area (Å²) in [5.41, 5.74) is 6.97. The van der Waals surface area contributed by atoms with Crippen LogP contribution < -0.4 is 11.1 Å². The molecule has 2 aromatic carbocycles. The van der Waals surface area contributed by atoms with E-state index in [1.165, 1.54) is 18.2 Å². The van der Waals surface area contributed by atoms with Gasteiger partial charge in [0, 0.05) is 17.3 Å². The van der Waals surface area contributed by atoms with E-state index in [0.29, 0.717) is 5.69 Å². The number of carbonyl (C=O) groups is 1. The normalized spacial score (nSPS) is 10.5. The van der Waals surface area contributed by atoms with Crippen molar-refractivity contribution in [3.63, 3.8) is 0 Å². The fraction of sp³-hybridized carbons (Fsp3) is 0. The van der Waals surface area contributed by atoms with Gasteiger partial charge in [0.15, 0.2) is 0 Å². The second kappa shape index (κ2) is 5.20. The van der Waals surface area contributed by atoms with Crippen LogP contribution in [0.5, 0.6) is 0 Å². The Kier molecular flexibility index (Phi) is 3.23. The van der Waals surface area contributed by atoms with E-state index in [-0.39, 0.29) is 11.3 Å². The summed E-state index contributed by atoms with van der Waals surface area (Å²) < 4.78 is 13.4. The lowest BCUT2D eigenvalue weighted by Crippen LogP contribution is -2.14. The number of fused-ring (bicyclic) bond motifs is 1. The number of nitrogens with two attached hydrogens (primary N) is 1. The van der Waals surface area contributed by atoms with Crippen molar-refractivity contribution >= 4 is 28.2 Å². The van der Waals surface area contributed by atoms with Crippen LogP contribution in [0.25, 0.3) is 10.9 Å². The SMILES string of the molecule is Nc1c(F)cccc1C(=O)Nc1ccc2ncccc2c1. The second-order valence-electron chi connectivity index (χ2n) is 4.57. The maximum absolute atomic E-state index is 13.4. The van der Waals surface area contributed by atoms with E-state index in [1.54, 1.807) is 24.4 Å². The van der Waals surface area contributed by atoms with Gasteiger partial charge in [-0.3, -0.25) is 9.78 Å². The van der Waals surface area contributed by atoms with Crippen molar-refractivity contribution in [2.45, 2.75) is 0 Å². The number of hydrogen-bond acceptors (Lipinski definition) is 3. The molecular formula is C16H12FN3O. The summed E-state index contributed by atoms with van der Waals surface area (Å²) in [7, 11) is 0. The van der Waals surface area contributed by atoms with Gasteiger partial charge in [-0.05, 0) is 36.4 Å². The minimum absolute atomic E-state index is 0.112. The van der Waals surface area contributed by atoms with Crippen LogP contribution in [0.3, 0.4) is 0 Å². The van der Waals surface area contributed by atoms with Crippen LogP contribution in [0.2, 0.25) is 0 Å². The van der Waals surface area contributed by atoms with Gasteiger partial charge in [-0.1, -0.05) is 12.1 Å². The van der Waals surface area contributed by atoms with Crippen LogP contribution in [-0.4, -0.2) is 10.9 Å². The molecule has 0 unspecified atom stereocenters. The fourth-order valence-electron chi connectivity index (χ4n) is 2.09. The van der Waals surface area contributed by atoms with E-state index >= 15 is 0 Å². The van der Waals surface area contributed by atoms with E-state index in [9.17, 15) is 9.18 Å². The third-order valence-electron chi connectivity index (χ3n) is 3.16. The first kappa shape index (κ1) is 13.1. The smallest absolute Gasteiger partial charge is 0.257 e. The van der Waals surface area contributed by atoms with Gasteiger partial charge >= 0.3 is 0 Å². The molecule has 21 heavy (non-hydrogen) atoms. The summed E-state index contributed by atoms with van der Waals surface area (Å²) in [4.78, 5) is 16.4. The van der Waals surface area contributed by atoms with Crippen molar-refractivity contribution in [2.24, 2.45) is 0 Å². The number of amides is 1. The van der Waals surface area contributed by atoms with Gasteiger partial charge in [0.2, 0.25) is 0 Å². The molecule has 1 amide bonds. The first-order valence-corrected chi connectivity index (χ1v) is 6.35. The van der Waals surface area contributed by atoms with Gasteiger partial charge in [0.25, 0.3) is 5.91 Å². The standard InChI is InChI=1S/C16H12FN3O/c17-13-5-1-4-12(15(13)18)16(21)20-11-6-7-14-10(9-11)3-2-8-19-14/h1-9H,18H2,(H,20,21). The van der Waals surface area contributed by atoms with Crippen LogP contribution in [0, 0.1) is 5.82 Å². The van der Waals surface area contributed by atoms with Crippen molar-refractivity contribution < 1.29 is 9.18 Å². The van der Waals surface area contributed by atoms with Gasteiger partial charge in [-0.25, -0.2) is 4.39 Å². The monoisotopic (exact) mass is 281 g/mol. The molecule has 0 saturated carbocycles. The Morgan fingerprint density at radius 1 is 1.14 bits per heavy atom. The Labute approximate surface area is 120 Å². The zero-order valence-electron chi connectivity index (χ0n) is 11.0. The van der Waals surface area contributed by atoms with Crippen molar-refractivity contribution in [1.29, 1.82) is 0 Å². The molecule has 0 aliphatic rings. The molecule has 0 fully saturated rings. The summed E-state index contributed by atoms with van der Waals surface area (Å²) in [6, 6.07) is 13.2. The third kappa shape index (κ3) is 2.53. The number of anilines is 2. The molecule has 0 aliphatic carbocycles. The van der Waals surface area contributed by atoms with Gasteiger partial charge in [-0.2, -0.15) is 0 Å². The van der Waals surface area contributed by atoms with E-state index in [2.05, 4.69) is 10.3 Å². The summed E-state index contributed by atoms with van der Waals surface area (Å²) in [5, 5.41) is 3.61. The quantitative estimate of drug-likeness (QED) is 0.709. The average molecular weight is 281 g/mol. The number of para-hydroxylation sites is 1. The molecule has 0 saturated heterocycles. The Morgan fingerprint density at radius 2 is 2.00 bits per heavy atom. The zero-order valence-corrected chi connectivity index (χ0v) is 11.0. The highest BCUT2D eigenvalue weighted by Gasteiger charge is 2.12. The van der Waals surface area contributed by atoms with Gasteiger partial charge in [-0.15, -0.1) is 0 Å². The molecule has 0 atom stereocenters. The lowest BCUT2D eigenvalue weighted by molar-refractivity contribution is 0.102. The summed E-state index contributed by atoms with van der Waals surface area (Å²) >= 11 is 0. The molecule has 3 N–H and O–H groups in total. The lowest BCUT2D eigenvalue weighted by Gasteiger charge is -2.08. The largest absolute Gasteiger partial charge is 0.396 e. The molecule has 0 radical (unpaired) electrons. The maximum atomic E-state index is 13.4. The zero-order chi connectivity index (χ0) is 14.8. The predicted molar refractivity (Wildman–Crippen MR) is 80.5 cm³/mol. The molecule has 0 aliphatic heterocycles. The van der Waals surface area contributed by atoms with Crippen LogP contribution in [-0.2, 0) is 0 Å². The summed E-state index contributed by atoms with van der Waals surface area (Å²) in [6.45, 7) is 0. The van der Waals surface area contributed by atoms with Crippen LogP contribution in [0.4, 0.5) is 15.8 Å².